The van der Waals surface area contributed by atoms with Crippen molar-refractivity contribution >= 4 is 45.9 Å². The Kier molecular flexibility index (Phi) is 9.71. The van der Waals surface area contributed by atoms with Crippen LogP contribution in [0, 0.1) is 0 Å². The normalized spacial score (nSPS) is 11.2. The summed E-state index contributed by atoms with van der Waals surface area (Å²) < 4.78 is 12.5. The average molecular weight is 626 g/mol. The maximum absolute atomic E-state index is 14.3. The monoisotopic (exact) mass is 625 g/mol. The molecule has 45 heavy (non-hydrogen) atoms. The van der Waals surface area contributed by atoms with E-state index in [9.17, 15) is 9.59 Å². The molecule has 0 aliphatic heterocycles. The Balaban J connectivity index is 1.60. The minimum absolute atomic E-state index is 0.144. The number of anilines is 3. The number of halogens is 1. The average Bonchev–Trinajstić information content (AvgIpc) is 3.03. The summed E-state index contributed by atoms with van der Waals surface area (Å²) in [7, 11) is 6.87. The summed E-state index contributed by atoms with van der Waals surface area (Å²) in [5.74, 6) is 0.891. The molecule has 3 aromatic heterocycles. The Morgan fingerprint density at radius 1 is 1.02 bits per heavy atom. The third kappa shape index (κ3) is 7.46. The van der Waals surface area contributed by atoms with Crippen LogP contribution in [-0.2, 0) is 11.3 Å². The number of ether oxygens (including phenoxy) is 2. The molecule has 0 atom stereocenters. The van der Waals surface area contributed by atoms with E-state index in [0.29, 0.717) is 57.5 Å². The van der Waals surface area contributed by atoms with Crippen molar-refractivity contribution < 1.29 is 14.3 Å². The minimum atomic E-state index is -0.341. The van der Waals surface area contributed by atoms with Gasteiger partial charge in [0.1, 0.15) is 17.1 Å². The van der Waals surface area contributed by atoms with Crippen LogP contribution in [0.3, 0.4) is 0 Å². The number of pyridine rings is 2. The van der Waals surface area contributed by atoms with Crippen LogP contribution in [-0.4, -0.2) is 65.2 Å². The zero-order chi connectivity index (χ0) is 31.9. The fourth-order valence-electron chi connectivity index (χ4n) is 4.64. The van der Waals surface area contributed by atoms with Gasteiger partial charge in [-0.3, -0.25) is 19.1 Å². The number of methoxy groups -OCH3 is 2. The highest BCUT2D eigenvalue weighted by atomic mass is 35.5. The smallest absolute Gasteiger partial charge is 0.260 e. The van der Waals surface area contributed by atoms with E-state index in [1.54, 1.807) is 59.6 Å². The number of likely N-dealkylation sites (N-methyl/N-ethyl adjacent to an activating group) is 1. The zero-order valence-corrected chi connectivity index (χ0v) is 26.0. The lowest BCUT2D eigenvalue weighted by atomic mass is 10.0. The van der Waals surface area contributed by atoms with Crippen LogP contribution in [0.25, 0.3) is 22.2 Å². The zero-order valence-electron chi connectivity index (χ0n) is 25.2. The van der Waals surface area contributed by atoms with Crippen molar-refractivity contribution in [2.75, 3.05) is 45.5 Å². The molecule has 11 nitrogen and oxygen atoms in total. The topological polar surface area (TPSA) is 124 Å². The lowest BCUT2D eigenvalue weighted by Crippen LogP contribution is -2.24. The van der Waals surface area contributed by atoms with E-state index >= 15 is 0 Å². The number of aromatic nitrogens is 4. The Labute approximate surface area is 265 Å². The number of hydrogen-bond acceptors (Lipinski definition) is 9. The van der Waals surface area contributed by atoms with E-state index in [2.05, 4.69) is 20.6 Å². The van der Waals surface area contributed by atoms with Gasteiger partial charge in [-0.15, -0.1) is 0 Å². The molecule has 0 bridgehead atoms. The van der Waals surface area contributed by atoms with Gasteiger partial charge in [0.05, 0.1) is 37.7 Å². The van der Waals surface area contributed by atoms with Gasteiger partial charge in [0, 0.05) is 53.3 Å². The third-order valence-corrected chi connectivity index (χ3v) is 7.17. The van der Waals surface area contributed by atoms with Gasteiger partial charge in [0.15, 0.2) is 0 Å². The molecule has 0 radical (unpaired) electrons. The number of carbonyl (C=O) groups is 1. The van der Waals surface area contributed by atoms with E-state index in [0.717, 1.165) is 5.56 Å². The summed E-state index contributed by atoms with van der Waals surface area (Å²) in [6.45, 7) is 0.786. The molecule has 0 fully saturated rings. The second-order valence-corrected chi connectivity index (χ2v) is 10.7. The van der Waals surface area contributed by atoms with Crippen molar-refractivity contribution in [2.24, 2.45) is 0 Å². The van der Waals surface area contributed by atoms with Crippen LogP contribution < -0.4 is 25.7 Å². The van der Waals surface area contributed by atoms with Crippen molar-refractivity contribution in [1.29, 1.82) is 0 Å². The lowest BCUT2D eigenvalue weighted by molar-refractivity contribution is -0.111. The highest BCUT2D eigenvalue weighted by Crippen LogP contribution is 2.38. The van der Waals surface area contributed by atoms with Crippen molar-refractivity contribution in [1.82, 2.24) is 24.4 Å². The number of amides is 1. The van der Waals surface area contributed by atoms with Gasteiger partial charge in [-0.2, -0.15) is 4.98 Å². The van der Waals surface area contributed by atoms with Gasteiger partial charge in [0.25, 0.3) is 5.56 Å². The molecule has 0 unspecified atom stereocenters. The molecular weight excluding hydrogens is 594 g/mol. The highest BCUT2D eigenvalue weighted by molar-refractivity contribution is 6.35. The molecule has 0 spiro atoms. The number of hydrogen-bond donors (Lipinski definition) is 2. The van der Waals surface area contributed by atoms with Gasteiger partial charge in [-0.05, 0) is 56.1 Å². The van der Waals surface area contributed by atoms with Gasteiger partial charge in [-0.1, -0.05) is 29.8 Å². The van der Waals surface area contributed by atoms with Crippen LogP contribution in [0.4, 0.5) is 17.3 Å². The van der Waals surface area contributed by atoms with Crippen LogP contribution in [0.1, 0.15) is 5.56 Å². The molecule has 0 aliphatic rings. The van der Waals surface area contributed by atoms with Gasteiger partial charge >= 0.3 is 0 Å². The molecule has 0 saturated heterocycles. The Hall–Kier alpha value is -5.26. The fraction of sp³-hybridized carbons (Fsp3) is 0.182. The number of fused-ring (bicyclic) bond motifs is 1. The summed E-state index contributed by atoms with van der Waals surface area (Å²) in [5, 5.41) is 6.89. The van der Waals surface area contributed by atoms with Gasteiger partial charge in [0.2, 0.25) is 11.9 Å². The van der Waals surface area contributed by atoms with E-state index in [-0.39, 0.29) is 23.0 Å². The van der Waals surface area contributed by atoms with Crippen molar-refractivity contribution in [2.45, 2.75) is 6.54 Å². The van der Waals surface area contributed by atoms with Crippen LogP contribution >= 0.6 is 11.6 Å². The molecule has 230 valence electrons. The van der Waals surface area contributed by atoms with E-state index < -0.39 is 0 Å². The number of benzene rings is 2. The molecule has 0 saturated carbocycles. The minimum Gasteiger partial charge on any atom is -0.497 e. The standard InChI is InChI=1S/C33H32ClN7O4/c1-40(2)13-7-11-29(42)37-23-9-5-8-21(14-23)20-41-31-22(18-36-33(39-31)38-24-10-6-12-35-19-24)15-27(32(41)43)26-16-25(44-3)17-28(45-4)30(26)34/h5-12,14-19H,13,20H2,1-4H3,(H,37,42)(H,36,38,39)/b11-7+. The predicted octanol–water partition coefficient (Wildman–Crippen LogP) is 5.37. The van der Waals surface area contributed by atoms with Crippen molar-refractivity contribution in [3.63, 3.8) is 0 Å². The lowest BCUT2D eigenvalue weighted by Gasteiger charge is -2.16. The van der Waals surface area contributed by atoms with Gasteiger partial charge < -0.3 is 25.0 Å². The number of carbonyl (C=O) groups excluding carboxylic acids is 1. The molecule has 2 N–H and O–H groups in total. The summed E-state index contributed by atoms with van der Waals surface area (Å²) in [4.78, 5) is 42.1. The number of rotatable bonds is 11. The Morgan fingerprint density at radius 3 is 2.58 bits per heavy atom. The highest BCUT2D eigenvalue weighted by Gasteiger charge is 2.19. The number of nitrogens with zero attached hydrogens (tertiary/aromatic N) is 5. The first kappa shape index (κ1) is 31.2. The summed E-state index contributed by atoms with van der Waals surface area (Å²) in [6, 6.07) is 16.0. The molecule has 5 rings (SSSR count). The van der Waals surface area contributed by atoms with Gasteiger partial charge in [-0.25, -0.2) is 4.98 Å². The maximum Gasteiger partial charge on any atom is 0.260 e. The van der Waals surface area contributed by atoms with Crippen molar-refractivity contribution in [3.8, 4) is 22.6 Å². The molecular formula is C33H32ClN7O4. The second-order valence-electron chi connectivity index (χ2n) is 10.3. The first-order valence-electron chi connectivity index (χ1n) is 14.0. The van der Waals surface area contributed by atoms with E-state index in [4.69, 9.17) is 26.1 Å². The van der Waals surface area contributed by atoms with Crippen molar-refractivity contribution in [3.05, 3.63) is 106 Å². The third-order valence-electron chi connectivity index (χ3n) is 6.78. The van der Waals surface area contributed by atoms with Crippen LogP contribution in [0.2, 0.25) is 5.02 Å². The molecule has 5 aromatic rings. The Bertz CT molecular complexity index is 1930. The predicted molar refractivity (Wildman–Crippen MR) is 177 cm³/mol. The molecule has 1 amide bonds. The maximum atomic E-state index is 14.3. The summed E-state index contributed by atoms with van der Waals surface area (Å²) in [5.41, 5.74) is 2.87. The first-order chi connectivity index (χ1) is 21.7. The van der Waals surface area contributed by atoms with E-state index in [1.807, 2.05) is 43.3 Å². The van der Waals surface area contributed by atoms with Crippen LogP contribution in [0.15, 0.2) is 90.1 Å². The SMILES string of the molecule is COc1cc(OC)c(Cl)c(-c2cc3cnc(Nc4cccnc4)nc3n(Cc3cccc(NC(=O)/C=C/CN(C)C)c3)c2=O)c1. The molecule has 0 aliphatic carbocycles. The number of nitrogens with one attached hydrogen (secondary N) is 2. The summed E-state index contributed by atoms with van der Waals surface area (Å²) in [6.07, 6.45) is 8.24. The largest absolute Gasteiger partial charge is 0.497 e. The molecule has 2 aromatic carbocycles. The Morgan fingerprint density at radius 2 is 1.84 bits per heavy atom. The quantitative estimate of drug-likeness (QED) is 0.186. The molecule has 3 heterocycles. The fourth-order valence-corrected chi connectivity index (χ4v) is 4.93. The van der Waals surface area contributed by atoms with E-state index in [1.165, 1.54) is 20.3 Å². The van der Waals surface area contributed by atoms with Crippen LogP contribution in [0.5, 0.6) is 11.5 Å². The summed E-state index contributed by atoms with van der Waals surface area (Å²) >= 11 is 6.72. The first-order valence-corrected chi connectivity index (χ1v) is 14.3. The molecule has 12 heteroatoms. The second kappa shape index (κ2) is 14.0.